The Morgan fingerprint density at radius 2 is 0.893 bits per heavy atom. The van der Waals surface area contributed by atoms with E-state index in [1.807, 2.05) is 20.8 Å². The summed E-state index contributed by atoms with van der Waals surface area (Å²) in [6.07, 6.45) is 1.55. The molecule has 0 aliphatic rings. The smallest absolute Gasteiger partial charge is 0.321 e. The van der Waals surface area contributed by atoms with Gasteiger partial charge in [-0.3, -0.25) is 36.5 Å². The molecule has 0 heterocycles. The quantitative estimate of drug-likeness (QED) is 0.195. The topological polar surface area (TPSA) is 160 Å². The minimum atomic E-state index is -0.741. The van der Waals surface area contributed by atoms with Crippen molar-refractivity contribution in [2.45, 2.75) is 78.0 Å². The van der Waals surface area contributed by atoms with Gasteiger partial charge in [-0.2, -0.15) is 0 Å². The lowest BCUT2D eigenvalue weighted by molar-refractivity contribution is -0.157. The maximum atomic E-state index is 12.1. The highest BCUT2D eigenvalue weighted by Crippen LogP contribution is 2.02. The van der Waals surface area contributed by atoms with Gasteiger partial charge in [0.25, 0.3) is 0 Å². The van der Waals surface area contributed by atoms with Crippen LogP contribution in [0.25, 0.3) is 0 Å². The third-order valence-corrected chi connectivity index (χ3v) is 3.63. The van der Waals surface area contributed by atoms with E-state index in [1.54, 1.807) is 0 Å². The second kappa shape index (κ2) is 15.2. The lowest BCUT2D eigenvalue weighted by atomic mass is 10.3. The molecule has 0 aliphatic carbocycles. The fraction of sp³-hybridized carbons (Fsp3) is 0.833. The second-order valence-corrected chi connectivity index (χ2v) is 6.60. The summed E-state index contributed by atoms with van der Waals surface area (Å²) in [7, 11) is 0. The molecule has 0 bridgehead atoms. The third-order valence-electron chi connectivity index (χ3n) is 3.63. The number of carbonyl (C=O) groups excluding carboxylic acids is 3. The van der Waals surface area contributed by atoms with Gasteiger partial charge in [0.2, 0.25) is 0 Å². The van der Waals surface area contributed by atoms with E-state index in [0.717, 1.165) is 19.3 Å². The van der Waals surface area contributed by atoms with Gasteiger partial charge in [0.05, 0.1) is 19.6 Å². The van der Waals surface area contributed by atoms with Crippen LogP contribution in [-0.2, 0) is 28.6 Å². The van der Waals surface area contributed by atoms with Gasteiger partial charge in [-0.25, -0.2) is 0 Å². The lowest BCUT2D eigenvalue weighted by Crippen LogP contribution is -2.43. The average Bonchev–Trinajstić information content (AvgIpc) is 2.54. The summed E-state index contributed by atoms with van der Waals surface area (Å²) in [6, 6.07) is 0. The van der Waals surface area contributed by atoms with Crippen LogP contribution in [0.4, 0.5) is 0 Å². The monoisotopic (exact) mass is 404 g/mol. The van der Waals surface area contributed by atoms with Crippen molar-refractivity contribution in [3.05, 3.63) is 0 Å². The summed E-state index contributed by atoms with van der Waals surface area (Å²) < 4.78 is 15.2. The molecule has 10 heteroatoms. The van der Waals surface area contributed by atoms with Crippen LogP contribution in [0, 0.1) is 0 Å². The van der Waals surface area contributed by atoms with Crippen molar-refractivity contribution in [2.75, 3.05) is 19.6 Å². The van der Waals surface area contributed by atoms with E-state index >= 15 is 0 Å². The zero-order valence-electron chi connectivity index (χ0n) is 17.2. The van der Waals surface area contributed by atoms with Crippen molar-refractivity contribution in [2.24, 2.45) is 17.2 Å². The molecule has 0 saturated heterocycles. The van der Waals surface area contributed by atoms with Crippen molar-refractivity contribution in [3.8, 4) is 0 Å². The van der Waals surface area contributed by atoms with E-state index in [9.17, 15) is 14.4 Å². The molecule has 3 atom stereocenters. The first kappa shape index (κ1) is 26.2. The van der Waals surface area contributed by atoms with E-state index in [-0.39, 0.29) is 19.6 Å². The number of rotatable bonds is 15. The molecule has 6 N–H and O–H groups in total. The van der Waals surface area contributed by atoms with Crippen LogP contribution in [-0.4, -0.2) is 61.1 Å². The average molecular weight is 405 g/mol. The van der Waals surface area contributed by atoms with Crippen molar-refractivity contribution in [1.82, 2.24) is 4.90 Å². The van der Waals surface area contributed by atoms with Gasteiger partial charge >= 0.3 is 17.9 Å². The number of nitrogens with zero attached hydrogens (tertiary/aromatic N) is 1. The number of hydrogen-bond donors (Lipinski definition) is 3. The summed E-state index contributed by atoms with van der Waals surface area (Å²) in [5.74, 6) is -1.97. The van der Waals surface area contributed by atoms with Crippen molar-refractivity contribution in [3.63, 3.8) is 0 Å². The predicted octanol–water partition coefficient (Wildman–Crippen LogP) is 0.173. The first-order valence-corrected chi connectivity index (χ1v) is 9.79. The fourth-order valence-corrected chi connectivity index (χ4v) is 2.36. The Kier molecular flexibility index (Phi) is 14.3. The SMILES string of the molecule is CCCC(N)OC(=O)CN(CC(=O)OC(N)CCC)CC(=O)OC(N)CCC. The lowest BCUT2D eigenvalue weighted by Gasteiger charge is -2.22. The Labute approximate surface area is 167 Å². The van der Waals surface area contributed by atoms with E-state index in [1.165, 1.54) is 4.90 Å². The Morgan fingerprint density at radius 1 is 0.643 bits per heavy atom. The van der Waals surface area contributed by atoms with E-state index in [4.69, 9.17) is 31.4 Å². The van der Waals surface area contributed by atoms with Gasteiger partial charge in [-0.15, -0.1) is 0 Å². The highest BCUT2D eigenvalue weighted by Gasteiger charge is 2.23. The third kappa shape index (κ3) is 13.4. The van der Waals surface area contributed by atoms with Crippen LogP contribution in [0.15, 0.2) is 0 Å². The highest BCUT2D eigenvalue weighted by atomic mass is 16.6. The number of nitrogens with two attached hydrogens (primary N) is 3. The standard InChI is InChI=1S/C18H36N4O6/c1-4-7-13(19)26-16(23)10-22(11-17(24)27-14(20)8-5-2)12-18(25)28-15(21)9-6-3/h13-15H,4-12,19-21H2,1-3H3. The Hall–Kier alpha value is -1.75. The van der Waals surface area contributed by atoms with Crippen LogP contribution in [0.3, 0.4) is 0 Å². The minimum absolute atomic E-state index is 0.326. The molecule has 0 aromatic carbocycles. The Balaban J connectivity index is 4.82. The zero-order valence-corrected chi connectivity index (χ0v) is 17.2. The van der Waals surface area contributed by atoms with E-state index in [0.29, 0.717) is 19.3 Å². The molecule has 164 valence electrons. The molecule has 0 saturated carbocycles. The van der Waals surface area contributed by atoms with Gasteiger partial charge in [0.15, 0.2) is 18.7 Å². The zero-order chi connectivity index (χ0) is 21.5. The molecular formula is C18H36N4O6. The maximum absolute atomic E-state index is 12.1. The summed E-state index contributed by atoms with van der Waals surface area (Å²) in [6.45, 7) is 4.75. The van der Waals surface area contributed by atoms with Crippen LogP contribution in [0.2, 0.25) is 0 Å². The van der Waals surface area contributed by atoms with E-state index < -0.39 is 36.6 Å². The van der Waals surface area contributed by atoms with Gasteiger partial charge in [0.1, 0.15) is 0 Å². The Morgan fingerprint density at radius 3 is 1.11 bits per heavy atom. The fourth-order valence-electron chi connectivity index (χ4n) is 2.36. The van der Waals surface area contributed by atoms with Gasteiger partial charge in [-0.1, -0.05) is 40.0 Å². The van der Waals surface area contributed by atoms with Crippen LogP contribution >= 0.6 is 0 Å². The van der Waals surface area contributed by atoms with Crippen LogP contribution < -0.4 is 17.2 Å². The largest absolute Gasteiger partial charge is 0.446 e. The molecule has 0 amide bonds. The molecule has 0 spiro atoms. The second-order valence-electron chi connectivity index (χ2n) is 6.60. The minimum Gasteiger partial charge on any atom is -0.446 e. The molecule has 0 aromatic heterocycles. The number of carbonyl (C=O) groups is 3. The highest BCUT2D eigenvalue weighted by molar-refractivity contribution is 5.78. The van der Waals surface area contributed by atoms with Crippen molar-refractivity contribution < 1.29 is 28.6 Å². The molecular weight excluding hydrogens is 368 g/mol. The number of hydrogen-bond acceptors (Lipinski definition) is 10. The van der Waals surface area contributed by atoms with Gasteiger partial charge < -0.3 is 14.2 Å². The van der Waals surface area contributed by atoms with E-state index in [2.05, 4.69) is 0 Å². The summed E-state index contributed by atoms with van der Waals surface area (Å²) in [5, 5.41) is 0. The molecule has 0 fully saturated rings. The van der Waals surface area contributed by atoms with Gasteiger partial charge in [0, 0.05) is 0 Å². The predicted molar refractivity (Wildman–Crippen MR) is 103 cm³/mol. The van der Waals surface area contributed by atoms with Crippen LogP contribution in [0.1, 0.15) is 59.3 Å². The normalized spacial score (nSPS) is 14.2. The maximum Gasteiger partial charge on any atom is 0.321 e. The molecule has 10 nitrogen and oxygen atoms in total. The molecule has 0 rings (SSSR count). The first-order chi connectivity index (χ1) is 13.2. The van der Waals surface area contributed by atoms with Crippen molar-refractivity contribution >= 4 is 17.9 Å². The molecule has 0 aromatic rings. The first-order valence-electron chi connectivity index (χ1n) is 9.79. The van der Waals surface area contributed by atoms with Crippen LogP contribution in [0.5, 0.6) is 0 Å². The number of esters is 3. The summed E-state index contributed by atoms with van der Waals surface area (Å²) >= 11 is 0. The molecule has 0 radical (unpaired) electrons. The molecule has 0 aliphatic heterocycles. The molecule has 28 heavy (non-hydrogen) atoms. The molecule has 3 unspecified atom stereocenters. The summed E-state index contributed by atoms with van der Waals surface area (Å²) in [5.41, 5.74) is 17.1. The van der Waals surface area contributed by atoms with Gasteiger partial charge in [-0.05, 0) is 19.3 Å². The Bertz CT molecular complexity index is 410. The number of ether oxygens (including phenoxy) is 3. The summed E-state index contributed by atoms with van der Waals surface area (Å²) in [4.78, 5) is 37.4. The van der Waals surface area contributed by atoms with Crippen molar-refractivity contribution in [1.29, 1.82) is 0 Å².